The van der Waals surface area contributed by atoms with Crippen LogP contribution in [0, 0.1) is 5.82 Å². The fraction of sp³-hybridized carbons (Fsp3) is 0.286. The lowest BCUT2D eigenvalue weighted by Gasteiger charge is -2.11. The van der Waals surface area contributed by atoms with Crippen LogP contribution in [0.5, 0.6) is 17.2 Å². The van der Waals surface area contributed by atoms with Crippen molar-refractivity contribution in [3.63, 3.8) is 0 Å². The van der Waals surface area contributed by atoms with E-state index in [-0.39, 0.29) is 11.7 Å². The topological polar surface area (TPSA) is 56.8 Å². The van der Waals surface area contributed by atoms with Crippen molar-refractivity contribution in [3.05, 3.63) is 59.4 Å². The number of carbonyl (C=O) groups excluding carboxylic acids is 1. The third-order valence-corrected chi connectivity index (χ3v) is 3.76. The Balaban J connectivity index is 1.94. The molecular formula is C21H24FNO4. The van der Waals surface area contributed by atoms with Crippen LogP contribution in [0.2, 0.25) is 0 Å². The van der Waals surface area contributed by atoms with Gasteiger partial charge >= 0.3 is 0 Å². The Kier molecular flexibility index (Phi) is 7.67. The van der Waals surface area contributed by atoms with Gasteiger partial charge in [-0.25, -0.2) is 4.39 Å². The van der Waals surface area contributed by atoms with Gasteiger partial charge in [0, 0.05) is 12.6 Å². The smallest absolute Gasteiger partial charge is 0.244 e. The summed E-state index contributed by atoms with van der Waals surface area (Å²) >= 11 is 0. The van der Waals surface area contributed by atoms with E-state index >= 15 is 0 Å². The SMILES string of the molecule is CCCOc1ccc(CNC(=O)/C=C/c2ccc(OC)c(F)c2)cc1OC. The van der Waals surface area contributed by atoms with Crippen molar-refractivity contribution in [2.45, 2.75) is 19.9 Å². The minimum absolute atomic E-state index is 0.164. The molecule has 0 unspecified atom stereocenters. The van der Waals surface area contributed by atoms with Crippen LogP contribution in [-0.2, 0) is 11.3 Å². The van der Waals surface area contributed by atoms with Crippen molar-refractivity contribution in [3.8, 4) is 17.2 Å². The molecule has 0 heterocycles. The van der Waals surface area contributed by atoms with Gasteiger partial charge in [0.25, 0.3) is 0 Å². The molecule has 6 heteroatoms. The molecule has 5 nitrogen and oxygen atoms in total. The molecule has 0 bridgehead atoms. The van der Waals surface area contributed by atoms with Crippen LogP contribution in [0.15, 0.2) is 42.5 Å². The molecule has 2 aromatic carbocycles. The Morgan fingerprint density at radius 1 is 1.07 bits per heavy atom. The molecule has 0 saturated heterocycles. The lowest BCUT2D eigenvalue weighted by Crippen LogP contribution is -2.20. The lowest BCUT2D eigenvalue weighted by molar-refractivity contribution is -0.116. The first-order chi connectivity index (χ1) is 13.1. The van der Waals surface area contributed by atoms with E-state index in [2.05, 4.69) is 5.32 Å². The van der Waals surface area contributed by atoms with E-state index in [0.29, 0.717) is 30.2 Å². The predicted octanol–water partition coefficient (Wildman–Crippen LogP) is 3.96. The summed E-state index contributed by atoms with van der Waals surface area (Å²) in [5.74, 6) is 0.709. The molecule has 0 fully saturated rings. The number of hydrogen-bond acceptors (Lipinski definition) is 4. The standard InChI is InChI=1S/C21H24FNO4/c1-4-11-27-19-9-6-16(13-20(19)26-3)14-23-21(24)10-7-15-5-8-18(25-2)17(22)12-15/h5-10,12-13H,4,11,14H2,1-3H3,(H,23,24)/b10-7+. The molecule has 144 valence electrons. The Morgan fingerprint density at radius 3 is 2.48 bits per heavy atom. The summed E-state index contributed by atoms with van der Waals surface area (Å²) in [6.07, 6.45) is 3.81. The van der Waals surface area contributed by atoms with Crippen LogP contribution in [0.25, 0.3) is 6.08 Å². The first-order valence-electron chi connectivity index (χ1n) is 8.66. The third-order valence-electron chi connectivity index (χ3n) is 3.76. The summed E-state index contributed by atoms with van der Waals surface area (Å²) in [5, 5.41) is 2.78. The van der Waals surface area contributed by atoms with E-state index in [0.717, 1.165) is 12.0 Å². The highest BCUT2D eigenvalue weighted by Crippen LogP contribution is 2.28. The average Bonchev–Trinajstić information content (AvgIpc) is 2.69. The fourth-order valence-electron chi connectivity index (χ4n) is 2.36. The number of methoxy groups -OCH3 is 2. The van der Waals surface area contributed by atoms with Crippen molar-refractivity contribution in [2.24, 2.45) is 0 Å². The number of benzene rings is 2. The zero-order valence-corrected chi connectivity index (χ0v) is 15.8. The van der Waals surface area contributed by atoms with Crippen LogP contribution in [0.1, 0.15) is 24.5 Å². The summed E-state index contributed by atoms with van der Waals surface area (Å²) < 4.78 is 29.4. The van der Waals surface area contributed by atoms with Gasteiger partial charge in [-0.1, -0.05) is 19.1 Å². The molecule has 2 aromatic rings. The van der Waals surface area contributed by atoms with E-state index in [9.17, 15) is 9.18 Å². The summed E-state index contributed by atoms with van der Waals surface area (Å²) in [4.78, 5) is 12.0. The Hall–Kier alpha value is -3.02. The summed E-state index contributed by atoms with van der Waals surface area (Å²) in [6, 6.07) is 10.0. The largest absolute Gasteiger partial charge is 0.494 e. The number of ether oxygens (including phenoxy) is 3. The minimum Gasteiger partial charge on any atom is -0.494 e. The maximum absolute atomic E-state index is 13.6. The molecule has 0 aliphatic rings. The highest BCUT2D eigenvalue weighted by molar-refractivity contribution is 5.91. The van der Waals surface area contributed by atoms with Gasteiger partial charge in [0.1, 0.15) is 0 Å². The zero-order valence-electron chi connectivity index (χ0n) is 15.8. The molecule has 0 aromatic heterocycles. The Labute approximate surface area is 158 Å². The van der Waals surface area contributed by atoms with Gasteiger partial charge in [-0.3, -0.25) is 4.79 Å². The van der Waals surface area contributed by atoms with Crippen LogP contribution < -0.4 is 19.5 Å². The molecule has 2 rings (SSSR count). The molecule has 0 radical (unpaired) electrons. The summed E-state index contributed by atoms with van der Waals surface area (Å²) in [5.41, 5.74) is 1.45. The van der Waals surface area contributed by atoms with Crippen LogP contribution in [0.4, 0.5) is 4.39 Å². The summed E-state index contributed by atoms with van der Waals surface area (Å²) in [7, 11) is 2.98. The van der Waals surface area contributed by atoms with Crippen LogP contribution in [0.3, 0.4) is 0 Å². The number of amides is 1. The average molecular weight is 373 g/mol. The summed E-state index contributed by atoms with van der Waals surface area (Å²) in [6.45, 7) is 2.98. The van der Waals surface area contributed by atoms with Crippen molar-refractivity contribution in [1.29, 1.82) is 0 Å². The van der Waals surface area contributed by atoms with Crippen LogP contribution in [-0.4, -0.2) is 26.7 Å². The second kappa shape index (κ2) is 10.2. The number of nitrogens with one attached hydrogen (secondary N) is 1. The van der Waals surface area contributed by atoms with Gasteiger partial charge < -0.3 is 19.5 Å². The number of hydrogen-bond donors (Lipinski definition) is 1. The number of rotatable bonds is 9. The molecule has 1 amide bonds. The molecule has 1 N–H and O–H groups in total. The highest BCUT2D eigenvalue weighted by atomic mass is 19.1. The van der Waals surface area contributed by atoms with Crippen molar-refractivity contribution in [1.82, 2.24) is 5.32 Å². The van der Waals surface area contributed by atoms with E-state index in [1.54, 1.807) is 19.3 Å². The number of halogens is 1. The number of carbonyl (C=O) groups is 1. The second-order valence-electron chi connectivity index (χ2n) is 5.78. The molecule has 0 saturated carbocycles. The van der Waals surface area contributed by atoms with Crippen molar-refractivity contribution < 1.29 is 23.4 Å². The first-order valence-corrected chi connectivity index (χ1v) is 8.66. The van der Waals surface area contributed by atoms with Crippen molar-refractivity contribution in [2.75, 3.05) is 20.8 Å². The highest BCUT2D eigenvalue weighted by Gasteiger charge is 2.06. The molecular weight excluding hydrogens is 349 g/mol. The van der Waals surface area contributed by atoms with Crippen LogP contribution >= 0.6 is 0 Å². The van der Waals surface area contributed by atoms with Gasteiger partial charge in [-0.2, -0.15) is 0 Å². The maximum Gasteiger partial charge on any atom is 0.244 e. The van der Waals surface area contributed by atoms with Gasteiger partial charge in [0.05, 0.1) is 20.8 Å². The van der Waals surface area contributed by atoms with Gasteiger partial charge in [-0.05, 0) is 47.9 Å². The van der Waals surface area contributed by atoms with Crippen molar-refractivity contribution >= 4 is 12.0 Å². The minimum atomic E-state index is -0.475. The quantitative estimate of drug-likeness (QED) is 0.676. The van der Waals surface area contributed by atoms with E-state index in [4.69, 9.17) is 14.2 Å². The Morgan fingerprint density at radius 2 is 1.81 bits per heavy atom. The molecule has 27 heavy (non-hydrogen) atoms. The second-order valence-corrected chi connectivity index (χ2v) is 5.78. The Bertz CT molecular complexity index is 805. The molecule has 0 aliphatic heterocycles. The van der Waals surface area contributed by atoms with Gasteiger partial charge in [-0.15, -0.1) is 0 Å². The first kappa shape index (κ1) is 20.3. The maximum atomic E-state index is 13.6. The zero-order chi connectivity index (χ0) is 19.6. The monoisotopic (exact) mass is 373 g/mol. The van der Waals surface area contributed by atoms with E-state index in [1.165, 1.54) is 25.3 Å². The lowest BCUT2D eigenvalue weighted by atomic mass is 10.2. The molecule has 0 spiro atoms. The molecule has 0 atom stereocenters. The predicted molar refractivity (Wildman–Crippen MR) is 103 cm³/mol. The van der Waals surface area contributed by atoms with E-state index < -0.39 is 5.82 Å². The van der Waals surface area contributed by atoms with Gasteiger partial charge in [0.15, 0.2) is 23.1 Å². The fourth-order valence-corrected chi connectivity index (χ4v) is 2.36. The normalized spacial score (nSPS) is 10.7. The molecule has 0 aliphatic carbocycles. The third kappa shape index (κ3) is 6.02. The van der Waals surface area contributed by atoms with E-state index in [1.807, 2.05) is 25.1 Å². The van der Waals surface area contributed by atoms with Gasteiger partial charge in [0.2, 0.25) is 5.91 Å².